The fourth-order valence-electron chi connectivity index (χ4n) is 1.27. The van der Waals surface area contributed by atoms with Crippen LogP contribution in [0.15, 0.2) is 18.2 Å². The molecule has 1 heterocycles. The largest absolute Gasteiger partial charge is 0.496 e. The summed E-state index contributed by atoms with van der Waals surface area (Å²) in [6.07, 6.45) is 0. The molecule has 0 N–H and O–H groups in total. The Morgan fingerprint density at radius 1 is 1.14 bits per heavy atom. The first-order valence-corrected chi connectivity index (χ1v) is 5.95. The van der Waals surface area contributed by atoms with Gasteiger partial charge in [-0.2, -0.15) is 0 Å². The van der Waals surface area contributed by atoms with E-state index in [2.05, 4.69) is 28.7 Å². The van der Waals surface area contributed by atoms with Crippen LogP contribution in [0.25, 0.3) is 10.1 Å². The zero-order valence-corrected chi connectivity index (χ0v) is 10.8. The highest BCUT2D eigenvalue weighted by atomic mass is 127. The van der Waals surface area contributed by atoms with Crippen LogP contribution in [-0.2, 0) is 0 Å². The topological polar surface area (TPSA) is 18.5 Å². The van der Waals surface area contributed by atoms with Crippen molar-refractivity contribution in [3.63, 3.8) is 0 Å². The Hall–Kier alpha value is -0.490. The highest BCUT2D eigenvalue weighted by molar-refractivity contribution is 14.1. The Bertz CT molecular complexity index is 464. The molecule has 0 unspecified atom stereocenters. The molecule has 2 nitrogen and oxygen atoms in total. The molecule has 2 rings (SSSR count). The van der Waals surface area contributed by atoms with Crippen LogP contribution in [-0.4, -0.2) is 14.2 Å². The lowest BCUT2D eigenvalue weighted by atomic mass is 10.2. The van der Waals surface area contributed by atoms with Gasteiger partial charge in [0.05, 0.1) is 17.8 Å². The lowest BCUT2D eigenvalue weighted by Crippen LogP contribution is -1.85. The molecule has 0 aliphatic rings. The fourth-order valence-corrected chi connectivity index (χ4v) is 3.07. The molecule has 0 aliphatic heterocycles. The van der Waals surface area contributed by atoms with Crippen molar-refractivity contribution in [3.05, 3.63) is 21.8 Å². The Kier molecular flexibility index (Phi) is 2.83. The minimum absolute atomic E-state index is 0.915. The van der Waals surface area contributed by atoms with Crippen molar-refractivity contribution in [2.75, 3.05) is 14.2 Å². The van der Waals surface area contributed by atoms with E-state index in [1.54, 1.807) is 25.6 Å². The first kappa shape index (κ1) is 10.0. The molecule has 2 aromatic rings. The molecule has 0 atom stereocenters. The second-order valence-electron chi connectivity index (χ2n) is 2.79. The molecule has 0 amide bonds. The van der Waals surface area contributed by atoms with E-state index >= 15 is 0 Å². The van der Waals surface area contributed by atoms with Gasteiger partial charge in [0.1, 0.15) is 5.75 Å². The van der Waals surface area contributed by atoms with Crippen molar-refractivity contribution in [1.29, 1.82) is 0 Å². The first-order chi connectivity index (χ1) is 6.74. The number of ether oxygens (including phenoxy) is 2. The van der Waals surface area contributed by atoms with Gasteiger partial charge in [0.25, 0.3) is 0 Å². The molecule has 0 aliphatic carbocycles. The van der Waals surface area contributed by atoms with Gasteiger partial charge in [-0.25, -0.2) is 0 Å². The van der Waals surface area contributed by atoms with Crippen LogP contribution in [0.4, 0.5) is 0 Å². The predicted octanol–water partition coefficient (Wildman–Crippen LogP) is 3.52. The molecular formula is C10H9IO2S. The average molecular weight is 320 g/mol. The van der Waals surface area contributed by atoms with Crippen molar-refractivity contribution < 1.29 is 9.47 Å². The Morgan fingerprint density at radius 2 is 1.93 bits per heavy atom. The number of rotatable bonds is 2. The summed E-state index contributed by atoms with van der Waals surface area (Å²) in [5.74, 6) is 0.915. The van der Waals surface area contributed by atoms with E-state index in [0.29, 0.717) is 0 Å². The molecule has 14 heavy (non-hydrogen) atoms. The molecule has 0 spiro atoms. The predicted molar refractivity (Wildman–Crippen MR) is 67.6 cm³/mol. The third-order valence-corrected chi connectivity index (χ3v) is 3.87. The zero-order valence-electron chi connectivity index (χ0n) is 7.83. The van der Waals surface area contributed by atoms with Gasteiger partial charge in [0, 0.05) is 10.1 Å². The van der Waals surface area contributed by atoms with Crippen LogP contribution < -0.4 is 9.47 Å². The molecular weight excluding hydrogens is 311 g/mol. The molecule has 4 heteroatoms. The summed E-state index contributed by atoms with van der Waals surface area (Å²) in [6.45, 7) is 0. The maximum atomic E-state index is 5.25. The van der Waals surface area contributed by atoms with Crippen LogP contribution >= 0.6 is 33.9 Å². The van der Waals surface area contributed by atoms with Gasteiger partial charge in [-0.3, -0.25) is 0 Å². The van der Waals surface area contributed by atoms with E-state index in [9.17, 15) is 0 Å². The molecule has 0 radical (unpaired) electrons. The van der Waals surface area contributed by atoms with E-state index in [1.807, 2.05) is 12.1 Å². The molecule has 1 aromatic carbocycles. The maximum absolute atomic E-state index is 5.25. The third kappa shape index (κ3) is 1.68. The van der Waals surface area contributed by atoms with E-state index in [0.717, 1.165) is 14.4 Å². The Morgan fingerprint density at radius 3 is 2.57 bits per heavy atom. The fraction of sp³-hybridized carbons (Fsp3) is 0.200. The van der Waals surface area contributed by atoms with Gasteiger partial charge in [0.15, 0.2) is 5.06 Å². The van der Waals surface area contributed by atoms with Gasteiger partial charge in [-0.05, 0) is 40.8 Å². The summed E-state index contributed by atoms with van der Waals surface area (Å²) < 4.78 is 12.8. The van der Waals surface area contributed by atoms with Crippen LogP contribution in [0.5, 0.6) is 10.8 Å². The molecule has 1 aromatic heterocycles. The standard InChI is InChI=1S/C10H9IO2S/c1-12-8-3-6-4-10(13-2)14-9(6)5-7(8)11/h3-5H,1-2H3. The number of hydrogen-bond donors (Lipinski definition) is 0. The second-order valence-corrected chi connectivity index (χ2v) is 5.00. The Labute approximate surface area is 100.0 Å². The van der Waals surface area contributed by atoms with Crippen LogP contribution in [0.1, 0.15) is 0 Å². The van der Waals surface area contributed by atoms with Gasteiger partial charge < -0.3 is 9.47 Å². The average Bonchev–Trinajstić information content (AvgIpc) is 2.58. The van der Waals surface area contributed by atoms with E-state index in [1.165, 1.54) is 10.1 Å². The van der Waals surface area contributed by atoms with Gasteiger partial charge >= 0.3 is 0 Å². The normalized spacial score (nSPS) is 10.5. The Balaban J connectivity index is 2.64. The summed E-state index contributed by atoms with van der Waals surface area (Å²) in [5, 5.41) is 2.10. The quantitative estimate of drug-likeness (QED) is 0.788. The van der Waals surface area contributed by atoms with Crippen molar-refractivity contribution in [2.24, 2.45) is 0 Å². The van der Waals surface area contributed by atoms with Gasteiger partial charge in [-0.1, -0.05) is 11.3 Å². The first-order valence-electron chi connectivity index (χ1n) is 4.05. The maximum Gasteiger partial charge on any atom is 0.174 e. The van der Waals surface area contributed by atoms with Gasteiger partial charge in [-0.15, -0.1) is 0 Å². The van der Waals surface area contributed by atoms with E-state index in [4.69, 9.17) is 9.47 Å². The lowest BCUT2D eigenvalue weighted by molar-refractivity contribution is 0.412. The highest BCUT2D eigenvalue weighted by Crippen LogP contribution is 2.36. The summed E-state index contributed by atoms with van der Waals surface area (Å²) >= 11 is 3.92. The summed E-state index contributed by atoms with van der Waals surface area (Å²) in [4.78, 5) is 0. The highest BCUT2D eigenvalue weighted by Gasteiger charge is 2.06. The smallest absolute Gasteiger partial charge is 0.174 e. The van der Waals surface area contributed by atoms with Crippen molar-refractivity contribution in [2.45, 2.75) is 0 Å². The van der Waals surface area contributed by atoms with Crippen LogP contribution in [0, 0.1) is 3.57 Å². The van der Waals surface area contributed by atoms with Crippen molar-refractivity contribution in [3.8, 4) is 10.8 Å². The SMILES string of the molecule is COc1cc2cc(OC)c(I)cc2s1. The van der Waals surface area contributed by atoms with Crippen molar-refractivity contribution >= 4 is 44.0 Å². The molecule has 0 saturated carbocycles. The number of fused-ring (bicyclic) bond motifs is 1. The van der Waals surface area contributed by atoms with E-state index in [-0.39, 0.29) is 0 Å². The van der Waals surface area contributed by atoms with Crippen LogP contribution in [0.2, 0.25) is 0 Å². The minimum Gasteiger partial charge on any atom is -0.496 e. The summed E-state index contributed by atoms with van der Waals surface area (Å²) in [7, 11) is 3.37. The van der Waals surface area contributed by atoms with E-state index < -0.39 is 0 Å². The zero-order chi connectivity index (χ0) is 10.1. The molecule has 74 valence electrons. The number of methoxy groups -OCH3 is 2. The van der Waals surface area contributed by atoms with Gasteiger partial charge in [0.2, 0.25) is 0 Å². The summed E-state index contributed by atoms with van der Waals surface area (Å²) in [6, 6.07) is 6.18. The van der Waals surface area contributed by atoms with Crippen molar-refractivity contribution in [1.82, 2.24) is 0 Å². The molecule has 0 saturated heterocycles. The molecule has 0 fully saturated rings. The van der Waals surface area contributed by atoms with Crippen LogP contribution in [0.3, 0.4) is 0 Å². The second kappa shape index (κ2) is 3.94. The number of thiophene rings is 1. The third-order valence-electron chi connectivity index (χ3n) is 1.97. The number of hydrogen-bond acceptors (Lipinski definition) is 3. The lowest BCUT2D eigenvalue weighted by Gasteiger charge is -2.01. The number of halogens is 1. The monoisotopic (exact) mass is 320 g/mol. The minimum atomic E-state index is 0.915. The summed E-state index contributed by atoms with van der Waals surface area (Å²) in [5.41, 5.74) is 0. The molecule has 0 bridgehead atoms. The number of benzene rings is 1.